The Labute approximate surface area is 172 Å². The average Bonchev–Trinajstić information content (AvgIpc) is 2.76. The molecule has 1 aromatic carbocycles. The number of nitrogens with one attached hydrogen (secondary N) is 3. The fraction of sp³-hybridized carbons (Fsp3) is 0.348. The van der Waals surface area contributed by atoms with Gasteiger partial charge in [-0.05, 0) is 60.6 Å². The number of hydrogen-bond acceptors (Lipinski definition) is 5. The summed E-state index contributed by atoms with van der Waals surface area (Å²) < 4.78 is 0. The Hall–Kier alpha value is -3.15. The van der Waals surface area contributed by atoms with E-state index >= 15 is 0 Å². The summed E-state index contributed by atoms with van der Waals surface area (Å²) in [6.45, 7) is 3.31. The molecule has 1 amide bonds. The number of anilines is 1. The fourth-order valence-electron chi connectivity index (χ4n) is 3.39. The SMILES string of the molecule is CNc1ccc(C(=O)NCc2cccnc2)cc1/C1=C/CN/N=C\C(C)CCC1. The van der Waals surface area contributed by atoms with Crippen molar-refractivity contribution in [1.82, 2.24) is 15.7 Å². The zero-order valence-electron chi connectivity index (χ0n) is 17.1. The van der Waals surface area contributed by atoms with Crippen LogP contribution in [0.1, 0.15) is 47.7 Å². The highest BCUT2D eigenvalue weighted by molar-refractivity contribution is 5.96. The van der Waals surface area contributed by atoms with Crippen molar-refractivity contribution in [2.45, 2.75) is 32.7 Å². The highest BCUT2D eigenvalue weighted by atomic mass is 16.1. The van der Waals surface area contributed by atoms with E-state index in [1.54, 1.807) is 12.4 Å². The van der Waals surface area contributed by atoms with E-state index in [0.717, 1.165) is 36.1 Å². The number of hydrogen-bond donors (Lipinski definition) is 3. The van der Waals surface area contributed by atoms with Gasteiger partial charge < -0.3 is 16.1 Å². The lowest BCUT2D eigenvalue weighted by molar-refractivity contribution is 0.0951. The Kier molecular flexibility index (Phi) is 7.39. The van der Waals surface area contributed by atoms with Gasteiger partial charge in [0.25, 0.3) is 5.91 Å². The smallest absolute Gasteiger partial charge is 0.251 e. The molecule has 0 saturated heterocycles. The lowest BCUT2D eigenvalue weighted by atomic mass is 9.94. The average molecular weight is 392 g/mol. The van der Waals surface area contributed by atoms with E-state index in [1.165, 1.54) is 5.57 Å². The first-order chi connectivity index (χ1) is 14.2. The third-order valence-electron chi connectivity index (χ3n) is 5.04. The zero-order valence-corrected chi connectivity index (χ0v) is 17.1. The van der Waals surface area contributed by atoms with Crippen LogP contribution < -0.4 is 16.1 Å². The Balaban J connectivity index is 1.79. The standard InChI is InChI=1S/C23H29N5O/c1-17-5-3-7-19(10-12-27-28-14-17)21-13-20(8-9-22(21)24-2)23(29)26-16-18-6-4-11-25-15-18/h4,6,8-11,13-15,17,24,27H,3,5,7,12,16H2,1-2H3,(H,26,29)/b19-10+,28-14-. The van der Waals surface area contributed by atoms with Crippen molar-refractivity contribution in [3.05, 3.63) is 65.5 Å². The van der Waals surface area contributed by atoms with Gasteiger partial charge in [0, 0.05) is 49.0 Å². The molecule has 1 aromatic heterocycles. The van der Waals surface area contributed by atoms with Gasteiger partial charge in [0.1, 0.15) is 0 Å². The summed E-state index contributed by atoms with van der Waals surface area (Å²) in [6, 6.07) is 9.63. The lowest BCUT2D eigenvalue weighted by Crippen LogP contribution is -2.23. The molecule has 29 heavy (non-hydrogen) atoms. The second-order valence-electron chi connectivity index (χ2n) is 7.29. The molecule has 0 aliphatic carbocycles. The predicted molar refractivity (Wildman–Crippen MR) is 119 cm³/mol. The molecule has 1 atom stereocenters. The third kappa shape index (κ3) is 5.91. The van der Waals surface area contributed by atoms with Crippen LogP contribution in [0.4, 0.5) is 5.69 Å². The van der Waals surface area contributed by atoms with E-state index in [0.29, 0.717) is 24.6 Å². The number of benzene rings is 1. The largest absolute Gasteiger partial charge is 0.388 e. The summed E-state index contributed by atoms with van der Waals surface area (Å²) in [5, 5.41) is 10.5. The van der Waals surface area contributed by atoms with E-state index < -0.39 is 0 Å². The molecule has 6 heteroatoms. The first-order valence-electron chi connectivity index (χ1n) is 10.1. The van der Waals surface area contributed by atoms with Crippen LogP contribution in [0.2, 0.25) is 0 Å². The summed E-state index contributed by atoms with van der Waals surface area (Å²) in [4.78, 5) is 16.8. The van der Waals surface area contributed by atoms with E-state index in [2.05, 4.69) is 39.1 Å². The normalized spacial score (nSPS) is 19.9. The number of amides is 1. The maximum atomic E-state index is 12.7. The van der Waals surface area contributed by atoms with Crippen LogP contribution in [0.5, 0.6) is 0 Å². The van der Waals surface area contributed by atoms with E-state index in [-0.39, 0.29) is 5.91 Å². The van der Waals surface area contributed by atoms with Gasteiger partial charge >= 0.3 is 0 Å². The molecule has 3 rings (SSSR count). The van der Waals surface area contributed by atoms with Crippen molar-refractivity contribution in [2.75, 3.05) is 18.9 Å². The molecule has 3 N–H and O–H groups in total. The van der Waals surface area contributed by atoms with Gasteiger partial charge in [-0.3, -0.25) is 9.78 Å². The Morgan fingerprint density at radius 2 is 2.21 bits per heavy atom. The van der Waals surface area contributed by atoms with Crippen LogP contribution >= 0.6 is 0 Å². The van der Waals surface area contributed by atoms with Crippen LogP contribution in [0.3, 0.4) is 0 Å². The second-order valence-corrected chi connectivity index (χ2v) is 7.29. The minimum atomic E-state index is -0.0884. The maximum absolute atomic E-state index is 12.7. The molecule has 2 heterocycles. The molecule has 0 bridgehead atoms. The molecule has 0 saturated carbocycles. The molecule has 152 valence electrons. The minimum Gasteiger partial charge on any atom is -0.388 e. The molecule has 6 nitrogen and oxygen atoms in total. The number of carbonyl (C=O) groups excluding carboxylic acids is 1. The van der Waals surface area contributed by atoms with Gasteiger partial charge in [-0.25, -0.2) is 0 Å². The minimum absolute atomic E-state index is 0.0884. The first-order valence-corrected chi connectivity index (χ1v) is 10.1. The summed E-state index contributed by atoms with van der Waals surface area (Å²) in [6.07, 6.45) is 10.8. The Morgan fingerprint density at radius 1 is 1.31 bits per heavy atom. The summed E-state index contributed by atoms with van der Waals surface area (Å²) in [5.41, 5.74) is 8.04. The third-order valence-corrected chi connectivity index (χ3v) is 5.04. The van der Waals surface area contributed by atoms with Gasteiger partial charge in [0.05, 0.1) is 6.54 Å². The van der Waals surface area contributed by atoms with Gasteiger partial charge in [-0.1, -0.05) is 19.1 Å². The van der Waals surface area contributed by atoms with Crippen LogP contribution in [-0.2, 0) is 6.54 Å². The van der Waals surface area contributed by atoms with Crippen LogP contribution in [0, 0.1) is 5.92 Å². The zero-order chi connectivity index (χ0) is 20.5. The first kappa shape index (κ1) is 20.6. The highest BCUT2D eigenvalue weighted by Gasteiger charge is 2.13. The molecular weight excluding hydrogens is 362 g/mol. The van der Waals surface area contributed by atoms with E-state index in [4.69, 9.17) is 0 Å². The second kappa shape index (κ2) is 10.4. The fourth-order valence-corrected chi connectivity index (χ4v) is 3.39. The van der Waals surface area contributed by atoms with Crippen LogP contribution in [0.25, 0.3) is 5.57 Å². The molecular formula is C23H29N5O. The highest BCUT2D eigenvalue weighted by Crippen LogP contribution is 2.29. The van der Waals surface area contributed by atoms with Crippen molar-refractivity contribution in [3.63, 3.8) is 0 Å². The van der Waals surface area contributed by atoms with Gasteiger partial charge in [0.15, 0.2) is 0 Å². The van der Waals surface area contributed by atoms with Crippen molar-refractivity contribution >= 4 is 23.4 Å². The lowest BCUT2D eigenvalue weighted by Gasteiger charge is -2.17. The van der Waals surface area contributed by atoms with Crippen molar-refractivity contribution in [2.24, 2.45) is 11.0 Å². The molecule has 1 aliphatic rings. The Bertz CT molecular complexity index is 876. The quantitative estimate of drug-likeness (QED) is 0.724. The number of aromatic nitrogens is 1. The van der Waals surface area contributed by atoms with Gasteiger partial charge in [-0.2, -0.15) is 5.10 Å². The Morgan fingerprint density at radius 3 is 3.00 bits per heavy atom. The van der Waals surface area contributed by atoms with E-state index in [1.807, 2.05) is 43.6 Å². The van der Waals surface area contributed by atoms with Crippen molar-refractivity contribution in [3.8, 4) is 0 Å². The number of nitrogens with zero attached hydrogens (tertiary/aromatic N) is 2. The van der Waals surface area contributed by atoms with Crippen LogP contribution in [0.15, 0.2) is 53.9 Å². The van der Waals surface area contributed by atoms with Gasteiger partial charge in [-0.15, -0.1) is 0 Å². The topological polar surface area (TPSA) is 78.4 Å². The molecule has 1 unspecified atom stereocenters. The van der Waals surface area contributed by atoms with Crippen molar-refractivity contribution < 1.29 is 4.79 Å². The number of rotatable bonds is 5. The van der Waals surface area contributed by atoms with E-state index in [9.17, 15) is 4.79 Å². The molecule has 2 aromatic rings. The monoisotopic (exact) mass is 391 g/mol. The predicted octanol–water partition coefficient (Wildman–Crippen LogP) is 3.83. The summed E-state index contributed by atoms with van der Waals surface area (Å²) in [5.74, 6) is 0.366. The van der Waals surface area contributed by atoms with Crippen molar-refractivity contribution in [1.29, 1.82) is 0 Å². The molecule has 1 aliphatic heterocycles. The number of hydrazone groups is 1. The molecule has 0 radical (unpaired) electrons. The number of allylic oxidation sites excluding steroid dienone is 1. The van der Waals surface area contributed by atoms with Gasteiger partial charge in [0.2, 0.25) is 0 Å². The van der Waals surface area contributed by atoms with Crippen LogP contribution in [-0.4, -0.2) is 30.7 Å². The molecule has 0 spiro atoms. The summed E-state index contributed by atoms with van der Waals surface area (Å²) >= 11 is 0. The molecule has 0 fully saturated rings. The summed E-state index contributed by atoms with van der Waals surface area (Å²) in [7, 11) is 1.91. The number of carbonyl (C=O) groups is 1. The maximum Gasteiger partial charge on any atom is 0.251 e. The number of pyridine rings is 1.